The molecule has 0 saturated heterocycles. The van der Waals surface area contributed by atoms with Crippen LogP contribution in [0.5, 0.6) is 0 Å². The Morgan fingerprint density at radius 3 is 2.29 bits per heavy atom. The molecule has 0 aliphatic carbocycles. The predicted molar refractivity (Wildman–Crippen MR) is 72.2 cm³/mol. The normalized spacial score (nSPS) is 14.4. The van der Waals surface area contributed by atoms with Gasteiger partial charge in [0.2, 0.25) is 0 Å². The Labute approximate surface area is 104 Å². The summed E-state index contributed by atoms with van der Waals surface area (Å²) >= 11 is 0. The Hall–Kier alpha value is -1.15. The van der Waals surface area contributed by atoms with Crippen molar-refractivity contribution in [2.24, 2.45) is 11.7 Å². The van der Waals surface area contributed by atoms with E-state index in [1.54, 1.807) is 0 Å². The van der Waals surface area contributed by atoms with Crippen molar-refractivity contribution in [2.75, 3.05) is 0 Å². The molecule has 1 rings (SSSR count). The SMILES string of the molecule is Cc1ccc(C(=O)C(C)CCCC(C)N)cc1. The van der Waals surface area contributed by atoms with E-state index in [0.717, 1.165) is 24.8 Å². The number of nitrogens with two attached hydrogens (primary N) is 1. The van der Waals surface area contributed by atoms with Crippen molar-refractivity contribution in [3.05, 3.63) is 35.4 Å². The summed E-state index contributed by atoms with van der Waals surface area (Å²) in [5.41, 5.74) is 7.71. The van der Waals surface area contributed by atoms with Gasteiger partial charge in [-0.25, -0.2) is 0 Å². The average molecular weight is 233 g/mol. The van der Waals surface area contributed by atoms with Crippen LogP contribution in [0.3, 0.4) is 0 Å². The molecule has 2 heteroatoms. The van der Waals surface area contributed by atoms with Gasteiger partial charge in [0.05, 0.1) is 0 Å². The van der Waals surface area contributed by atoms with Gasteiger partial charge in [0, 0.05) is 17.5 Å². The minimum absolute atomic E-state index is 0.0939. The van der Waals surface area contributed by atoms with Gasteiger partial charge in [0.25, 0.3) is 0 Å². The lowest BCUT2D eigenvalue weighted by molar-refractivity contribution is 0.0922. The van der Waals surface area contributed by atoms with Gasteiger partial charge in [-0.05, 0) is 26.7 Å². The third-order valence-electron chi connectivity index (χ3n) is 3.08. The first-order valence-electron chi connectivity index (χ1n) is 6.37. The molecule has 0 saturated carbocycles. The van der Waals surface area contributed by atoms with Crippen LogP contribution in [0.15, 0.2) is 24.3 Å². The average Bonchev–Trinajstić information content (AvgIpc) is 2.28. The lowest BCUT2D eigenvalue weighted by atomic mass is 9.93. The van der Waals surface area contributed by atoms with Gasteiger partial charge >= 0.3 is 0 Å². The van der Waals surface area contributed by atoms with Crippen molar-refractivity contribution in [1.82, 2.24) is 0 Å². The highest BCUT2D eigenvalue weighted by atomic mass is 16.1. The number of aryl methyl sites for hydroxylation is 1. The molecular weight excluding hydrogens is 210 g/mol. The number of rotatable bonds is 6. The van der Waals surface area contributed by atoms with E-state index in [-0.39, 0.29) is 17.7 Å². The van der Waals surface area contributed by atoms with Crippen LogP contribution in [0.1, 0.15) is 49.0 Å². The fraction of sp³-hybridized carbons (Fsp3) is 0.533. The molecule has 0 heterocycles. The maximum Gasteiger partial charge on any atom is 0.165 e. The second-order valence-corrected chi connectivity index (χ2v) is 5.04. The van der Waals surface area contributed by atoms with Gasteiger partial charge in [-0.2, -0.15) is 0 Å². The number of Topliss-reactive ketones (excluding diaryl/α,β-unsaturated/α-hetero) is 1. The number of benzene rings is 1. The molecule has 0 fully saturated rings. The second-order valence-electron chi connectivity index (χ2n) is 5.04. The third kappa shape index (κ3) is 4.70. The molecule has 0 bridgehead atoms. The van der Waals surface area contributed by atoms with Crippen LogP contribution in [0, 0.1) is 12.8 Å². The van der Waals surface area contributed by atoms with E-state index in [1.165, 1.54) is 5.56 Å². The van der Waals surface area contributed by atoms with Crippen LogP contribution in [0.25, 0.3) is 0 Å². The monoisotopic (exact) mass is 233 g/mol. The molecule has 2 atom stereocenters. The Balaban J connectivity index is 2.49. The molecule has 0 radical (unpaired) electrons. The summed E-state index contributed by atoms with van der Waals surface area (Å²) in [6.07, 6.45) is 2.94. The summed E-state index contributed by atoms with van der Waals surface area (Å²) < 4.78 is 0. The van der Waals surface area contributed by atoms with Crippen LogP contribution in [0.4, 0.5) is 0 Å². The Kier molecular flexibility index (Phi) is 5.36. The Morgan fingerprint density at radius 2 is 1.76 bits per heavy atom. The van der Waals surface area contributed by atoms with Crippen molar-refractivity contribution in [3.8, 4) is 0 Å². The van der Waals surface area contributed by atoms with E-state index in [1.807, 2.05) is 45.0 Å². The first-order chi connectivity index (χ1) is 8.00. The smallest absolute Gasteiger partial charge is 0.165 e. The number of hydrogen-bond acceptors (Lipinski definition) is 2. The van der Waals surface area contributed by atoms with Crippen molar-refractivity contribution >= 4 is 5.78 Å². The standard InChI is InChI=1S/C15H23NO/c1-11-7-9-14(10-8-11)15(17)12(2)5-4-6-13(3)16/h7-10,12-13H,4-6,16H2,1-3H3. The molecule has 0 aliphatic heterocycles. The summed E-state index contributed by atoms with van der Waals surface area (Å²) in [5, 5.41) is 0. The van der Waals surface area contributed by atoms with E-state index >= 15 is 0 Å². The number of ketones is 1. The van der Waals surface area contributed by atoms with Gasteiger partial charge in [0.1, 0.15) is 0 Å². The minimum atomic E-state index is 0.0939. The first kappa shape index (κ1) is 13.9. The highest BCUT2D eigenvalue weighted by Gasteiger charge is 2.14. The fourth-order valence-electron chi connectivity index (χ4n) is 1.88. The minimum Gasteiger partial charge on any atom is -0.328 e. The van der Waals surface area contributed by atoms with Gasteiger partial charge in [-0.15, -0.1) is 0 Å². The predicted octanol–water partition coefficient (Wildman–Crippen LogP) is 3.33. The summed E-state index contributed by atoms with van der Waals surface area (Å²) in [4.78, 5) is 12.1. The zero-order valence-corrected chi connectivity index (χ0v) is 11.1. The summed E-state index contributed by atoms with van der Waals surface area (Å²) in [6.45, 7) is 6.04. The van der Waals surface area contributed by atoms with Gasteiger partial charge in [0.15, 0.2) is 5.78 Å². The van der Waals surface area contributed by atoms with Crippen LogP contribution in [-0.4, -0.2) is 11.8 Å². The molecule has 1 aromatic rings. The topological polar surface area (TPSA) is 43.1 Å². The zero-order chi connectivity index (χ0) is 12.8. The molecule has 0 aliphatic rings. The highest BCUT2D eigenvalue weighted by Crippen LogP contribution is 2.16. The number of hydrogen-bond donors (Lipinski definition) is 1. The summed E-state index contributed by atoms with van der Waals surface area (Å²) in [7, 11) is 0. The molecule has 2 nitrogen and oxygen atoms in total. The molecular formula is C15H23NO. The molecule has 0 aromatic heterocycles. The quantitative estimate of drug-likeness (QED) is 0.766. The van der Waals surface area contributed by atoms with Crippen molar-refractivity contribution in [2.45, 2.75) is 46.1 Å². The summed E-state index contributed by atoms with van der Waals surface area (Å²) in [5.74, 6) is 0.339. The van der Waals surface area contributed by atoms with Crippen LogP contribution in [-0.2, 0) is 0 Å². The van der Waals surface area contributed by atoms with E-state index < -0.39 is 0 Å². The Morgan fingerprint density at radius 1 is 1.18 bits per heavy atom. The zero-order valence-electron chi connectivity index (χ0n) is 11.1. The van der Waals surface area contributed by atoms with Crippen molar-refractivity contribution in [3.63, 3.8) is 0 Å². The maximum atomic E-state index is 12.1. The summed E-state index contributed by atoms with van der Waals surface area (Å²) in [6, 6.07) is 8.04. The van der Waals surface area contributed by atoms with Gasteiger partial charge in [-0.1, -0.05) is 43.2 Å². The van der Waals surface area contributed by atoms with E-state index in [9.17, 15) is 4.79 Å². The molecule has 0 amide bonds. The third-order valence-corrected chi connectivity index (χ3v) is 3.08. The number of carbonyl (C=O) groups is 1. The van der Waals surface area contributed by atoms with Crippen LogP contribution >= 0.6 is 0 Å². The molecule has 0 spiro atoms. The lowest BCUT2D eigenvalue weighted by Crippen LogP contribution is -2.16. The Bertz CT molecular complexity index is 354. The maximum absolute atomic E-state index is 12.1. The lowest BCUT2D eigenvalue weighted by Gasteiger charge is -2.11. The van der Waals surface area contributed by atoms with Crippen molar-refractivity contribution < 1.29 is 4.79 Å². The van der Waals surface area contributed by atoms with Crippen molar-refractivity contribution in [1.29, 1.82) is 0 Å². The first-order valence-corrected chi connectivity index (χ1v) is 6.37. The van der Waals surface area contributed by atoms with Gasteiger partial charge < -0.3 is 5.73 Å². The molecule has 94 valence electrons. The molecule has 2 unspecified atom stereocenters. The largest absolute Gasteiger partial charge is 0.328 e. The fourth-order valence-corrected chi connectivity index (χ4v) is 1.88. The van der Waals surface area contributed by atoms with Gasteiger partial charge in [-0.3, -0.25) is 4.79 Å². The van der Waals surface area contributed by atoms with E-state index in [0.29, 0.717) is 0 Å². The highest BCUT2D eigenvalue weighted by molar-refractivity contribution is 5.97. The van der Waals surface area contributed by atoms with E-state index in [2.05, 4.69) is 0 Å². The van der Waals surface area contributed by atoms with E-state index in [4.69, 9.17) is 5.73 Å². The second kappa shape index (κ2) is 6.55. The van der Waals surface area contributed by atoms with Crippen LogP contribution < -0.4 is 5.73 Å². The van der Waals surface area contributed by atoms with Crippen LogP contribution in [0.2, 0.25) is 0 Å². The molecule has 17 heavy (non-hydrogen) atoms. The molecule has 2 N–H and O–H groups in total. The molecule has 1 aromatic carbocycles. The number of carbonyl (C=O) groups excluding carboxylic acids is 1.